The van der Waals surface area contributed by atoms with Crippen molar-refractivity contribution >= 4 is 33.6 Å². The number of fused-ring (bicyclic) bond motifs is 1. The average molecular weight is 264 g/mol. The smallest absolute Gasteiger partial charge is 0.354 e. The number of carboxylic acid groups (broad SMARTS) is 1. The van der Waals surface area contributed by atoms with E-state index in [-0.39, 0.29) is 5.69 Å². The van der Waals surface area contributed by atoms with Gasteiger partial charge in [0.25, 0.3) is 0 Å². The van der Waals surface area contributed by atoms with E-state index in [1.807, 2.05) is 24.4 Å². The summed E-state index contributed by atoms with van der Waals surface area (Å²) in [5.74, 6) is -0.951. The van der Waals surface area contributed by atoms with Crippen molar-refractivity contribution in [3.8, 4) is 10.6 Å². The second-order valence-corrected chi connectivity index (χ2v) is 5.68. The molecule has 3 aromatic heterocycles. The maximum Gasteiger partial charge on any atom is 0.354 e. The van der Waals surface area contributed by atoms with E-state index in [1.165, 1.54) is 17.5 Å². The first-order chi connectivity index (χ1) is 8.18. The van der Waals surface area contributed by atoms with Crippen LogP contribution >= 0.6 is 22.7 Å². The summed E-state index contributed by atoms with van der Waals surface area (Å²) >= 11 is 3.11. The van der Waals surface area contributed by atoms with Gasteiger partial charge in [0.2, 0.25) is 0 Å². The maximum absolute atomic E-state index is 11.2. The van der Waals surface area contributed by atoms with E-state index >= 15 is 0 Å². The largest absolute Gasteiger partial charge is 0.477 e. The van der Waals surface area contributed by atoms with E-state index in [2.05, 4.69) is 4.98 Å². The van der Waals surface area contributed by atoms with Crippen LogP contribution < -0.4 is 0 Å². The minimum atomic E-state index is -0.951. The number of thiazole rings is 1. The SMILES string of the molecule is Cc1sc2ncc(C(=O)O)n2c1-c1cccs1. The Morgan fingerprint density at radius 1 is 1.53 bits per heavy atom. The van der Waals surface area contributed by atoms with E-state index in [4.69, 9.17) is 5.11 Å². The molecular weight excluding hydrogens is 256 g/mol. The molecular formula is C11H8N2O2S2. The molecule has 17 heavy (non-hydrogen) atoms. The van der Waals surface area contributed by atoms with Gasteiger partial charge in [0.15, 0.2) is 10.7 Å². The quantitative estimate of drug-likeness (QED) is 0.773. The molecule has 0 saturated carbocycles. The molecule has 0 aliphatic heterocycles. The Bertz CT molecular complexity index is 695. The third-order valence-electron chi connectivity index (χ3n) is 2.50. The first-order valence-corrected chi connectivity index (χ1v) is 6.62. The topological polar surface area (TPSA) is 54.6 Å². The Kier molecular flexibility index (Phi) is 2.27. The number of aromatic carboxylic acids is 1. The van der Waals surface area contributed by atoms with Crippen LogP contribution in [0.3, 0.4) is 0 Å². The summed E-state index contributed by atoms with van der Waals surface area (Å²) in [5.41, 5.74) is 1.16. The van der Waals surface area contributed by atoms with Gasteiger partial charge < -0.3 is 5.11 Å². The number of aromatic nitrogens is 2. The Morgan fingerprint density at radius 2 is 2.35 bits per heavy atom. The van der Waals surface area contributed by atoms with Crippen molar-refractivity contribution in [1.29, 1.82) is 0 Å². The zero-order valence-corrected chi connectivity index (χ0v) is 10.5. The molecule has 0 spiro atoms. The van der Waals surface area contributed by atoms with Crippen LogP contribution in [0.2, 0.25) is 0 Å². The summed E-state index contributed by atoms with van der Waals surface area (Å²) in [4.78, 5) is 18.2. The van der Waals surface area contributed by atoms with E-state index in [0.717, 1.165) is 20.4 Å². The van der Waals surface area contributed by atoms with E-state index in [1.54, 1.807) is 15.7 Å². The highest BCUT2D eigenvalue weighted by atomic mass is 32.1. The molecule has 0 aliphatic carbocycles. The zero-order chi connectivity index (χ0) is 12.0. The van der Waals surface area contributed by atoms with Gasteiger partial charge in [-0.05, 0) is 18.4 Å². The molecule has 0 bridgehead atoms. The Morgan fingerprint density at radius 3 is 3.00 bits per heavy atom. The van der Waals surface area contributed by atoms with Crippen molar-refractivity contribution in [2.75, 3.05) is 0 Å². The van der Waals surface area contributed by atoms with Crippen molar-refractivity contribution in [3.63, 3.8) is 0 Å². The number of carbonyl (C=O) groups is 1. The van der Waals surface area contributed by atoms with E-state index in [9.17, 15) is 4.79 Å². The Hall–Kier alpha value is -1.66. The fraction of sp³-hybridized carbons (Fsp3) is 0.0909. The van der Waals surface area contributed by atoms with Gasteiger partial charge >= 0.3 is 5.97 Å². The van der Waals surface area contributed by atoms with Crippen molar-refractivity contribution in [1.82, 2.24) is 9.38 Å². The molecule has 3 heterocycles. The van der Waals surface area contributed by atoms with Crippen molar-refractivity contribution in [3.05, 3.63) is 34.3 Å². The fourth-order valence-electron chi connectivity index (χ4n) is 1.81. The first kappa shape index (κ1) is 10.5. The number of carboxylic acids is 1. The molecule has 0 unspecified atom stereocenters. The van der Waals surface area contributed by atoms with Gasteiger partial charge in [-0.25, -0.2) is 9.78 Å². The third kappa shape index (κ3) is 1.49. The minimum absolute atomic E-state index is 0.216. The number of rotatable bonds is 2. The lowest BCUT2D eigenvalue weighted by Crippen LogP contribution is -2.01. The number of imidazole rings is 1. The fourth-order valence-corrected chi connectivity index (χ4v) is 3.65. The highest BCUT2D eigenvalue weighted by Crippen LogP contribution is 2.34. The van der Waals surface area contributed by atoms with Crippen molar-refractivity contribution < 1.29 is 9.90 Å². The van der Waals surface area contributed by atoms with Gasteiger partial charge in [0.1, 0.15) is 0 Å². The summed E-state index contributed by atoms with van der Waals surface area (Å²) in [6.45, 7) is 1.99. The zero-order valence-electron chi connectivity index (χ0n) is 8.88. The lowest BCUT2D eigenvalue weighted by Gasteiger charge is -1.99. The van der Waals surface area contributed by atoms with Gasteiger partial charge in [-0.1, -0.05) is 6.07 Å². The van der Waals surface area contributed by atoms with Crippen molar-refractivity contribution in [2.45, 2.75) is 6.92 Å². The van der Waals surface area contributed by atoms with Gasteiger partial charge in [0.05, 0.1) is 16.8 Å². The molecule has 0 saturated heterocycles. The molecule has 0 amide bonds. The third-order valence-corrected chi connectivity index (χ3v) is 4.35. The number of thiophene rings is 1. The Balaban J connectivity index is 2.39. The predicted molar refractivity (Wildman–Crippen MR) is 68.1 cm³/mol. The average Bonchev–Trinajstić information content (AvgIpc) is 2.91. The highest BCUT2D eigenvalue weighted by molar-refractivity contribution is 7.18. The first-order valence-electron chi connectivity index (χ1n) is 4.92. The summed E-state index contributed by atoms with van der Waals surface area (Å²) in [6, 6.07) is 3.95. The molecule has 0 aliphatic rings. The van der Waals surface area contributed by atoms with Gasteiger partial charge in [0, 0.05) is 4.88 Å². The van der Waals surface area contributed by atoms with Crippen LogP contribution in [0.1, 0.15) is 15.4 Å². The summed E-state index contributed by atoms with van der Waals surface area (Å²) in [6.07, 6.45) is 1.41. The lowest BCUT2D eigenvalue weighted by molar-refractivity contribution is 0.0689. The second kappa shape index (κ2) is 3.68. The molecule has 0 atom stereocenters. The standard InChI is InChI=1S/C11H8N2O2S2/c1-6-9(8-3-2-4-16-8)13-7(10(14)15)5-12-11(13)17-6/h2-5H,1H3,(H,14,15). The summed E-state index contributed by atoms with van der Waals surface area (Å²) in [5, 5.41) is 11.1. The Labute approximate surface area is 105 Å². The number of hydrogen-bond donors (Lipinski definition) is 1. The van der Waals surface area contributed by atoms with Gasteiger partial charge in [-0.15, -0.1) is 22.7 Å². The van der Waals surface area contributed by atoms with E-state index < -0.39 is 5.97 Å². The van der Waals surface area contributed by atoms with Gasteiger partial charge in [-0.2, -0.15) is 0 Å². The van der Waals surface area contributed by atoms with Crippen LogP contribution in [0.15, 0.2) is 23.7 Å². The van der Waals surface area contributed by atoms with Gasteiger partial charge in [-0.3, -0.25) is 4.40 Å². The van der Waals surface area contributed by atoms with Crippen LogP contribution in [-0.2, 0) is 0 Å². The second-order valence-electron chi connectivity index (χ2n) is 3.55. The molecule has 3 rings (SSSR count). The minimum Gasteiger partial charge on any atom is -0.477 e. The number of nitrogens with zero attached hydrogens (tertiary/aromatic N) is 2. The van der Waals surface area contributed by atoms with Crippen LogP contribution in [0.25, 0.3) is 15.5 Å². The van der Waals surface area contributed by atoms with Crippen LogP contribution in [0.4, 0.5) is 0 Å². The highest BCUT2D eigenvalue weighted by Gasteiger charge is 2.19. The normalized spacial score (nSPS) is 11.1. The number of aryl methyl sites for hydroxylation is 1. The molecule has 1 N–H and O–H groups in total. The molecule has 0 fully saturated rings. The van der Waals surface area contributed by atoms with Crippen molar-refractivity contribution in [2.24, 2.45) is 0 Å². The lowest BCUT2D eigenvalue weighted by atomic mass is 10.3. The summed E-state index contributed by atoms with van der Waals surface area (Å²) in [7, 11) is 0. The van der Waals surface area contributed by atoms with Crippen LogP contribution in [-0.4, -0.2) is 20.5 Å². The maximum atomic E-state index is 11.2. The van der Waals surface area contributed by atoms with Crippen LogP contribution in [0, 0.1) is 6.92 Å². The van der Waals surface area contributed by atoms with E-state index in [0.29, 0.717) is 0 Å². The molecule has 86 valence electrons. The molecule has 4 nitrogen and oxygen atoms in total. The van der Waals surface area contributed by atoms with Crippen LogP contribution in [0.5, 0.6) is 0 Å². The monoisotopic (exact) mass is 264 g/mol. The molecule has 6 heteroatoms. The predicted octanol–water partition coefficient (Wildman–Crippen LogP) is 3.13. The summed E-state index contributed by atoms with van der Waals surface area (Å²) < 4.78 is 1.72. The number of hydrogen-bond acceptors (Lipinski definition) is 4. The molecule has 0 aromatic carbocycles. The molecule has 0 radical (unpaired) electrons. The molecule has 3 aromatic rings.